The van der Waals surface area contributed by atoms with E-state index in [1.807, 2.05) is 12.1 Å². The van der Waals surface area contributed by atoms with Crippen molar-refractivity contribution >= 4 is 0 Å². The van der Waals surface area contributed by atoms with E-state index in [1.54, 1.807) is 11.8 Å². The van der Waals surface area contributed by atoms with E-state index in [1.165, 1.54) is 6.42 Å². The van der Waals surface area contributed by atoms with Gasteiger partial charge in [0.05, 0.1) is 12.8 Å². The van der Waals surface area contributed by atoms with Crippen molar-refractivity contribution in [2.24, 2.45) is 17.8 Å². The molecule has 0 spiro atoms. The van der Waals surface area contributed by atoms with Crippen molar-refractivity contribution in [1.29, 1.82) is 0 Å². The lowest BCUT2D eigenvalue weighted by atomic mass is 9.75. The van der Waals surface area contributed by atoms with Gasteiger partial charge in [-0.15, -0.1) is 0 Å². The molecule has 1 aromatic rings. The molecule has 0 fully saturated rings. The van der Waals surface area contributed by atoms with Gasteiger partial charge in [-0.25, -0.2) is 0 Å². The van der Waals surface area contributed by atoms with Crippen molar-refractivity contribution in [3.05, 3.63) is 35.8 Å². The third-order valence-corrected chi connectivity index (χ3v) is 3.86. The Bertz CT molecular complexity index is 366. The van der Waals surface area contributed by atoms with E-state index in [0.29, 0.717) is 5.92 Å². The third kappa shape index (κ3) is 3.22. The van der Waals surface area contributed by atoms with E-state index in [2.05, 4.69) is 32.2 Å². The lowest BCUT2D eigenvalue weighted by molar-refractivity contribution is 0.258. The van der Waals surface area contributed by atoms with E-state index >= 15 is 0 Å². The molecule has 0 saturated heterocycles. The van der Waals surface area contributed by atoms with Crippen LogP contribution >= 0.6 is 0 Å². The molecule has 94 valence electrons. The van der Waals surface area contributed by atoms with Gasteiger partial charge in [-0.05, 0) is 49.8 Å². The Kier molecular flexibility index (Phi) is 4.06. The molecular formula is C15H23NO. The Balaban J connectivity index is 1.82. The molecule has 1 heterocycles. The maximum absolute atomic E-state index is 5.32. The molecule has 1 aliphatic rings. The number of allylic oxidation sites excluding steroid dienone is 2. The van der Waals surface area contributed by atoms with Crippen LogP contribution in [0.25, 0.3) is 0 Å². The van der Waals surface area contributed by atoms with Gasteiger partial charge in [0, 0.05) is 0 Å². The molecule has 2 nitrogen and oxygen atoms in total. The first-order valence-corrected chi connectivity index (χ1v) is 6.57. The minimum absolute atomic E-state index is 0.683. The van der Waals surface area contributed by atoms with Crippen molar-refractivity contribution < 1.29 is 4.42 Å². The van der Waals surface area contributed by atoms with Crippen LogP contribution in [0.5, 0.6) is 0 Å². The van der Waals surface area contributed by atoms with Crippen molar-refractivity contribution in [3.8, 4) is 0 Å². The summed E-state index contributed by atoms with van der Waals surface area (Å²) < 4.78 is 5.32. The first-order valence-electron chi connectivity index (χ1n) is 6.57. The Morgan fingerprint density at radius 3 is 2.88 bits per heavy atom. The predicted octanol–water partition coefficient (Wildman–Crippen LogP) is 3.61. The van der Waals surface area contributed by atoms with E-state index in [4.69, 9.17) is 4.42 Å². The van der Waals surface area contributed by atoms with Gasteiger partial charge >= 0.3 is 0 Å². The molecule has 1 aliphatic carbocycles. The first-order chi connectivity index (χ1) is 8.16. The Morgan fingerprint density at radius 2 is 2.24 bits per heavy atom. The van der Waals surface area contributed by atoms with Crippen LogP contribution in [0.1, 0.15) is 33.0 Å². The van der Waals surface area contributed by atoms with Crippen molar-refractivity contribution in [3.63, 3.8) is 0 Å². The van der Waals surface area contributed by atoms with E-state index in [9.17, 15) is 0 Å². The maximum Gasteiger partial charge on any atom is 0.117 e. The van der Waals surface area contributed by atoms with E-state index in [-0.39, 0.29) is 0 Å². The van der Waals surface area contributed by atoms with Gasteiger partial charge in [0.1, 0.15) is 5.76 Å². The van der Waals surface area contributed by atoms with Gasteiger partial charge in [0.15, 0.2) is 0 Å². The molecular weight excluding hydrogens is 210 g/mol. The minimum atomic E-state index is 0.683. The highest BCUT2D eigenvalue weighted by Gasteiger charge is 2.26. The van der Waals surface area contributed by atoms with Crippen LogP contribution in [0.15, 0.2) is 34.5 Å². The summed E-state index contributed by atoms with van der Waals surface area (Å²) in [6, 6.07) is 3.96. The van der Waals surface area contributed by atoms with Crippen LogP contribution in [0.4, 0.5) is 0 Å². The average molecular weight is 233 g/mol. The molecule has 0 bridgehead atoms. The zero-order valence-electron chi connectivity index (χ0n) is 11.1. The summed E-state index contributed by atoms with van der Waals surface area (Å²) in [4.78, 5) is 0. The number of hydrogen-bond acceptors (Lipinski definition) is 2. The minimum Gasteiger partial charge on any atom is -0.468 e. The van der Waals surface area contributed by atoms with Gasteiger partial charge in [0.2, 0.25) is 0 Å². The fourth-order valence-electron chi connectivity index (χ4n) is 2.98. The molecule has 2 rings (SSSR count). The summed E-state index contributed by atoms with van der Waals surface area (Å²) in [6.45, 7) is 8.86. The van der Waals surface area contributed by atoms with Crippen molar-refractivity contribution in [2.45, 2.75) is 33.7 Å². The van der Waals surface area contributed by atoms with Gasteiger partial charge in [-0.2, -0.15) is 0 Å². The Hall–Kier alpha value is -1.02. The van der Waals surface area contributed by atoms with Crippen molar-refractivity contribution in [2.75, 3.05) is 6.54 Å². The molecule has 0 aliphatic heterocycles. The SMILES string of the molecule is CC1=C[C@H](C)[C@@H](CNCc2ccco2)[C@H](C)C1. The molecule has 0 unspecified atom stereocenters. The molecule has 2 heteroatoms. The normalized spacial score (nSPS) is 29.1. The van der Waals surface area contributed by atoms with Crippen molar-refractivity contribution in [1.82, 2.24) is 5.32 Å². The van der Waals surface area contributed by atoms with Gasteiger partial charge in [0.25, 0.3) is 0 Å². The number of rotatable bonds is 4. The smallest absolute Gasteiger partial charge is 0.117 e. The van der Waals surface area contributed by atoms with Crippen LogP contribution in [0, 0.1) is 17.8 Å². The summed E-state index contributed by atoms with van der Waals surface area (Å²) >= 11 is 0. The zero-order chi connectivity index (χ0) is 12.3. The second kappa shape index (κ2) is 5.54. The topological polar surface area (TPSA) is 25.2 Å². The number of nitrogens with one attached hydrogen (secondary N) is 1. The molecule has 1 N–H and O–H groups in total. The summed E-state index contributed by atoms with van der Waals surface area (Å²) in [5.41, 5.74) is 1.55. The quantitative estimate of drug-likeness (QED) is 0.804. The summed E-state index contributed by atoms with van der Waals surface area (Å²) in [6.07, 6.45) is 5.41. The predicted molar refractivity (Wildman–Crippen MR) is 70.6 cm³/mol. The second-order valence-electron chi connectivity index (χ2n) is 5.43. The Labute approximate surface area is 104 Å². The van der Waals surface area contributed by atoms with Gasteiger partial charge in [-0.3, -0.25) is 0 Å². The molecule has 17 heavy (non-hydrogen) atoms. The van der Waals surface area contributed by atoms with Crippen LogP contribution in [0.2, 0.25) is 0 Å². The summed E-state index contributed by atoms with van der Waals surface area (Å²) in [5, 5.41) is 3.51. The highest BCUT2D eigenvalue weighted by molar-refractivity contribution is 5.08. The van der Waals surface area contributed by atoms with Gasteiger partial charge in [-0.1, -0.05) is 25.5 Å². The maximum atomic E-state index is 5.32. The summed E-state index contributed by atoms with van der Waals surface area (Å²) in [7, 11) is 0. The van der Waals surface area contributed by atoms with Crippen LogP contribution in [-0.4, -0.2) is 6.54 Å². The van der Waals surface area contributed by atoms with Crippen LogP contribution in [0.3, 0.4) is 0 Å². The molecule has 0 saturated carbocycles. The molecule has 0 aromatic carbocycles. The van der Waals surface area contributed by atoms with E-state index in [0.717, 1.165) is 30.7 Å². The van der Waals surface area contributed by atoms with E-state index < -0.39 is 0 Å². The molecule has 0 amide bonds. The first kappa shape index (κ1) is 12.4. The molecule has 0 radical (unpaired) electrons. The number of hydrogen-bond donors (Lipinski definition) is 1. The number of furan rings is 1. The fraction of sp³-hybridized carbons (Fsp3) is 0.600. The van der Waals surface area contributed by atoms with Crippen LogP contribution in [-0.2, 0) is 6.54 Å². The van der Waals surface area contributed by atoms with Crippen LogP contribution < -0.4 is 5.32 Å². The lowest BCUT2D eigenvalue weighted by Gasteiger charge is -2.33. The highest BCUT2D eigenvalue weighted by Crippen LogP contribution is 2.32. The van der Waals surface area contributed by atoms with Gasteiger partial charge < -0.3 is 9.73 Å². The lowest BCUT2D eigenvalue weighted by Crippen LogP contribution is -2.33. The average Bonchev–Trinajstić information content (AvgIpc) is 2.74. The molecule has 3 atom stereocenters. The third-order valence-electron chi connectivity index (χ3n) is 3.86. The standard InChI is InChI=1S/C15H23NO/c1-11-7-12(2)15(13(3)8-11)10-16-9-14-5-4-6-17-14/h4-7,12-13,15-16H,8-10H2,1-3H3/t12-,13+,15+/m0/s1. The Morgan fingerprint density at radius 1 is 1.41 bits per heavy atom. The largest absolute Gasteiger partial charge is 0.468 e. The summed E-state index contributed by atoms with van der Waals surface area (Å²) in [5.74, 6) is 3.23. The molecule has 1 aromatic heterocycles. The highest BCUT2D eigenvalue weighted by atomic mass is 16.3. The fourth-order valence-corrected chi connectivity index (χ4v) is 2.98. The zero-order valence-corrected chi connectivity index (χ0v) is 11.1. The second-order valence-corrected chi connectivity index (χ2v) is 5.43. The monoisotopic (exact) mass is 233 g/mol.